The lowest BCUT2D eigenvalue weighted by Gasteiger charge is -2.06. The van der Waals surface area contributed by atoms with Crippen LogP contribution in [0.3, 0.4) is 0 Å². The molecular weight excluding hydrogens is 230 g/mol. The summed E-state index contributed by atoms with van der Waals surface area (Å²) in [5.74, 6) is 0.0102. The van der Waals surface area contributed by atoms with Gasteiger partial charge in [0.25, 0.3) is 0 Å². The lowest BCUT2D eigenvalue weighted by molar-refractivity contribution is 0.0989. The maximum absolute atomic E-state index is 11.4. The topological polar surface area (TPSA) is 86.5 Å². The Kier molecular flexibility index (Phi) is 3.54. The molecule has 0 saturated heterocycles. The van der Waals surface area contributed by atoms with Gasteiger partial charge in [-0.25, -0.2) is 0 Å². The Morgan fingerprint density at radius 3 is 2.50 bits per heavy atom. The first kappa shape index (κ1) is 12.5. The molecule has 0 aliphatic carbocycles. The highest BCUT2D eigenvalue weighted by atomic mass is 32.2. The number of benzene rings is 1. The van der Waals surface area contributed by atoms with Gasteiger partial charge >= 0.3 is 10.1 Å². The van der Waals surface area contributed by atoms with Crippen LogP contribution in [0.5, 0.6) is 5.75 Å². The van der Waals surface area contributed by atoms with Crippen LogP contribution in [0.2, 0.25) is 0 Å². The fourth-order valence-corrected chi connectivity index (χ4v) is 1.67. The summed E-state index contributed by atoms with van der Waals surface area (Å²) in [5, 5.41) is 0. The monoisotopic (exact) mass is 243 g/mol. The molecule has 0 amide bonds. The van der Waals surface area contributed by atoms with Crippen molar-refractivity contribution in [3.63, 3.8) is 0 Å². The lowest BCUT2D eigenvalue weighted by atomic mass is 10.1. The standard InChI is InChI=1S/C10H13NO4S/c1-3-10(12)8-5-4-7(6-9(8)11)15-16(2,13)14/h4-6H,3,11H2,1-2H3. The van der Waals surface area contributed by atoms with Crippen molar-refractivity contribution in [1.82, 2.24) is 0 Å². The van der Waals surface area contributed by atoms with Crippen molar-refractivity contribution in [2.24, 2.45) is 0 Å². The second-order valence-corrected chi connectivity index (χ2v) is 4.89. The first-order chi connectivity index (χ1) is 7.33. The first-order valence-corrected chi connectivity index (χ1v) is 6.47. The Balaban J connectivity index is 3.05. The Morgan fingerprint density at radius 1 is 1.44 bits per heavy atom. The van der Waals surface area contributed by atoms with E-state index >= 15 is 0 Å². The summed E-state index contributed by atoms with van der Waals surface area (Å²) in [5.41, 5.74) is 6.21. The summed E-state index contributed by atoms with van der Waals surface area (Å²) in [6.07, 6.45) is 1.28. The molecule has 16 heavy (non-hydrogen) atoms. The van der Waals surface area contributed by atoms with Gasteiger partial charge in [0, 0.05) is 23.7 Å². The molecule has 0 saturated carbocycles. The molecule has 0 aliphatic heterocycles. The molecule has 0 heterocycles. The molecule has 1 aromatic carbocycles. The number of carbonyl (C=O) groups is 1. The van der Waals surface area contributed by atoms with Crippen molar-refractivity contribution in [1.29, 1.82) is 0 Å². The van der Waals surface area contributed by atoms with Crippen LogP contribution in [0.4, 0.5) is 5.69 Å². The normalized spacial score (nSPS) is 11.1. The molecule has 1 aromatic rings. The van der Waals surface area contributed by atoms with Crippen LogP contribution < -0.4 is 9.92 Å². The fraction of sp³-hybridized carbons (Fsp3) is 0.300. The molecule has 2 N–H and O–H groups in total. The van der Waals surface area contributed by atoms with E-state index < -0.39 is 10.1 Å². The third-order valence-corrected chi connectivity index (χ3v) is 2.39. The van der Waals surface area contributed by atoms with E-state index in [-0.39, 0.29) is 17.2 Å². The van der Waals surface area contributed by atoms with Gasteiger partial charge in [0.05, 0.1) is 6.26 Å². The van der Waals surface area contributed by atoms with Crippen molar-refractivity contribution >= 4 is 21.6 Å². The summed E-state index contributed by atoms with van der Waals surface area (Å²) < 4.78 is 26.3. The largest absolute Gasteiger partial charge is 0.398 e. The van der Waals surface area contributed by atoms with Crippen molar-refractivity contribution in [3.05, 3.63) is 23.8 Å². The van der Waals surface area contributed by atoms with Crippen molar-refractivity contribution in [2.75, 3.05) is 12.0 Å². The zero-order chi connectivity index (χ0) is 12.3. The van der Waals surface area contributed by atoms with Crippen LogP contribution in [0.25, 0.3) is 0 Å². The molecule has 88 valence electrons. The molecule has 0 spiro atoms. The van der Waals surface area contributed by atoms with Gasteiger partial charge in [-0.15, -0.1) is 0 Å². The number of ketones is 1. The molecular formula is C10H13NO4S. The maximum atomic E-state index is 11.4. The van der Waals surface area contributed by atoms with E-state index in [4.69, 9.17) is 5.73 Å². The minimum absolute atomic E-state index is 0.0941. The number of hydrogen-bond acceptors (Lipinski definition) is 5. The van der Waals surface area contributed by atoms with Gasteiger partial charge in [0.1, 0.15) is 5.75 Å². The van der Waals surface area contributed by atoms with E-state index in [1.54, 1.807) is 6.92 Å². The van der Waals surface area contributed by atoms with E-state index in [9.17, 15) is 13.2 Å². The van der Waals surface area contributed by atoms with Gasteiger partial charge in [-0.2, -0.15) is 8.42 Å². The van der Waals surface area contributed by atoms with Gasteiger partial charge in [-0.05, 0) is 12.1 Å². The number of Topliss-reactive ketones (excluding diaryl/α,β-unsaturated/α-hetero) is 1. The number of hydrogen-bond donors (Lipinski definition) is 1. The predicted octanol–water partition coefficient (Wildman–Crippen LogP) is 1.20. The van der Waals surface area contributed by atoms with E-state index in [1.165, 1.54) is 18.2 Å². The second-order valence-electron chi connectivity index (χ2n) is 3.31. The van der Waals surface area contributed by atoms with Crippen LogP contribution in [0.15, 0.2) is 18.2 Å². The van der Waals surface area contributed by atoms with Gasteiger partial charge in [0.15, 0.2) is 5.78 Å². The fourth-order valence-electron chi connectivity index (χ4n) is 1.21. The van der Waals surface area contributed by atoms with Crippen molar-refractivity contribution in [2.45, 2.75) is 13.3 Å². The Hall–Kier alpha value is -1.56. The Labute approximate surface area is 94.3 Å². The smallest absolute Gasteiger partial charge is 0.306 e. The van der Waals surface area contributed by atoms with Gasteiger partial charge in [-0.1, -0.05) is 6.92 Å². The van der Waals surface area contributed by atoms with E-state index in [0.717, 1.165) is 6.26 Å². The molecule has 6 heteroatoms. The van der Waals surface area contributed by atoms with Crippen molar-refractivity contribution < 1.29 is 17.4 Å². The average molecular weight is 243 g/mol. The number of rotatable bonds is 4. The quantitative estimate of drug-likeness (QED) is 0.488. The summed E-state index contributed by atoms with van der Waals surface area (Å²) in [6.45, 7) is 1.72. The molecule has 0 aromatic heterocycles. The van der Waals surface area contributed by atoms with Crippen LogP contribution >= 0.6 is 0 Å². The van der Waals surface area contributed by atoms with Crippen LogP contribution in [0.1, 0.15) is 23.7 Å². The Bertz CT molecular complexity index is 508. The highest BCUT2D eigenvalue weighted by Gasteiger charge is 2.10. The molecule has 0 fully saturated rings. The number of anilines is 1. The minimum atomic E-state index is -3.57. The number of nitrogens with two attached hydrogens (primary N) is 1. The average Bonchev–Trinajstić information content (AvgIpc) is 2.14. The first-order valence-electron chi connectivity index (χ1n) is 4.65. The van der Waals surface area contributed by atoms with E-state index in [1.807, 2.05) is 0 Å². The summed E-state index contributed by atoms with van der Waals surface area (Å²) >= 11 is 0. The molecule has 0 aliphatic rings. The van der Waals surface area contributed by atoms with Gasteiger partial charge in [-0.3, -0.25) is 4.79 Å². The van der Waals surface area contributed by atoms with Crippen LogP contribution in [-0.2, 0) is 10.1 Å². The maximum Gasteiger partial charge on any atom is 0.306 e. The summed E-state index contributed by atoms with van der Waals surface area (Å²) in [4.78, 5) is 11.4. The predicted molar refractivity (Wildman–Crippen MR) is 60.9 cm³/mol. The van der Waals surface area contributed by atoms with Crippen LogP contribution in [0, 0.1) is 0 Å². The lowest BCUT2D eigenvalue weighted by Crippen LogP contribution is -2.07. The summed E-state index contributed by atoms with van der Waals surface area (Å²) in [7, 11) is -3.57. The van der Waals surface area contributed by atoms with E-state index in [2.05, 4.69) is 4.18 Å². The highest BCUT2D eigenvalue weighted by Crippen LogP contribution is 2.22. The number of nitrogen functional groups attached to an aromatic ring is 1. The third kappa shape index (κ3) is 3.23. The summed E-state index contributed by atoms with van der Waals surface area (Å²) in [6, 6.07) is 4.19. The zero-order valence-electron chi connectivity index (χ0n) is 9.06. The molecule has 0 bridgehead atoms. The zero-order valence-corrected chi connectivity index (χ0v) is 9.87. The minimum Gasteiger partial charge on any atom is -0.398 e. The van der Waals surface area contributed by atoms with Gasteiger partial charge in [0.2, 0.25) is 0 Å². The molecule has 1 rings (SSSR count). The van der Waals surface area contributed by atoms with Crippen LogP contribution in [-0.4, -0.2) is 20.5 Å². The second kappa shape index (κ2) is 4.52. The Morgan fingerprint density at radius 2 is 2.06 bits per heavy atom. The van der Waals surface area contributed by atoms with E-state index in [0.29, 0.717) is 12.0 Å². The third-order valence-electron chi connectivity index (χ3n) is 1.89. The van der Waals surface area contributed by atoms with Gasteiger partial charge < -0.3 is 9.92 Å². The van der Waals surface area contributed by atoms with Crippen molar-refractivity contribution in [3.8, 4) is 5.75 Å². The SMILES string of the molecule is CCC(=O)c1ccc(OS(C)(=O)=O)cc1N. The number of carbonyl (C=O) groups excluding carboxylic acids is 1. The molecule has 0 radical (unpaired) electrons. The molecule has 5 nitrogen and oxygen atoms in total. The molecule has 0 atom stereocenters. The molecule has 0 unspecified atom stereocenters. The highest BCUT2D eigenvalue weighted by molar-refractivity contribution is 7.86.